The number of fused-ring (bicyclic) bond motifs is 1. The summed E-state index contributed by atoms with van der Waals surface area (Å²) in [6.07, 6.45) is -3.70. The summed E-state index contributed by atoms with van der Waals surface area (Å²) in [4.78, 5) is 48.0. The number of carbonyl (C=O) groups excluding carboxylic acids is 4. The van der Waals surface area contributed by atoms with E-state index >= 15 is 0 Å². The minimum absolute atomic E-state index is 0.153. The van der Waals surface area contributed by atoms with Crippen molar-refractivity contribution in [2.45, 2.75) is 64.1 Å². The molecule has 0 spiro atoms. The lowest BCUT2D eigenvalue weighted by Gasteiger charge is -2.37. The number of nitrogens with one attached hydrogen (secondary N) is 2. The van der Waals surface area contributed by atoms with Crippen LogP contribution >= 0.6 is 0 Å². The molecule has 0 saturated carbocycles. The molecule has 1 aromatic rings. The molecule has 34 heavy (non-hydrogen) atoms. The zero-order valence-electron chi connectivity index (χ0n) is 18.8. The van der Waals surface area contributed by atoms with Gasteiger partial charge in [0.25, 0.3) is 0 Å². The first-order valence-corrected chi connectivity index (χ1v) is 10.8. The smallest absolute Gasteiger partial charge is 0.430 e. The van der Waals surface area contributed by atoms with Crippen LogP contribution in [-0.4, -0.2) is 59.7 Å². The van der Waals surface area contributed by atoms with Gasteiger partial charge >= 0.3 is 6.18 Å². The van der Waals surface area contributed by atoms with E-state index < -0.39 is 24.2 Å². The van der Waals surface area contributed by atoms with Gasteiger partial charge in [0.2, 0.25) is 17.7 Å². The number of halogens is 3. The lowest BCUT2D eigenvalue weighted by molar-refractivity contribution is -0.344. The number of carbonyl (C=O) groups is 4. The van der Waals surface area contributed by atoms with E-state index in [-0.39, 0.29) is 36.5 Å². The molecule has 3 rings (SSSR count). The van der Waals surface area contributed by atoms with Crippen molar-refractivity contribution in [2.75, 3.05) is 6.61 Å². The number of hydrogen-bond acceptors (Lipinski definition) is 6. The summed E-state index contributed by atoms with van der Waals surface area (Å²) < 4.78 is 37.3. The molecule has 2 saturated heterocycles. The van der Waals surface area contributed by atoms with Crippen LogP contribution in [-0.2, 0) is 30.5 Å². The maximum atomic E-state index is 12.9. The molecule has 2 aliphatic rings. The number of hydrogen-bond donors (Lipinski definition) is 2. The molecule has 2 unspecified atom stereocenters. The highest BCUT2D eigenvalue weighted by atomic mass is 19.4. The largest absolute Gasteiger partial charge is 0.542 e. The van der Waals surface area contributed by atoms with Gasteiger partial charge in [-0.05, 0) is 24.8 Å². The first-order valence-electron chi connectivity index (χ1n) is 10.8. The Morgan fingerprint density at radius 1 is 1.21 bits per heavy atom. The second-order valence-corrected chi connectivity index (χ2v) is 7.99. The normalized spacial score (nSPS) is 22.7. The van der Waals surface area contributed by atoms with Crippen LogP contribution in [0.1, 0.15) is 38.7 Å². The number of ether oxygens (including phenoxy) is 1. The third-order valence-electron chi connectivity index (χ3n) is 5.56. The highest BCUT2D eigenvalue weighted by molar-refractivity contribution is 5.93. The van der Waals surface area contributed by atoms with Gasteiger partial charge in [-0.2, -0.15) is 13.2 Å². The lowest BCUT2D eigenvalue weighted by Crippen LogP contribution is -2.61. The zero-order chi connectivity index (χ0) is 25.5. The van der Waals surface area contributed by atoms with Crippen molar-refractivity contribution in [2.24, 2.45) is 5.92 Å². The Morgan fingerprint density at radius 2 is 1.82 bits per heavy atom. The van der Waals surface area contributed by atoms with Crippen molar-refractivity contribution >= 4 is 23.7 Å². The highest BCUT2D eigenvalue weighted by Gasteiger charge is 2.47. The molecule has 2 fully saturated rings. The SMILES string of the molecule is CC[C@@H](C)C(=O)NC1COC2CC[C@@H](C(=O)NCc3ccccc3)N2C1=O.O=C([O-])C(F)(F)F. The predicted molar refractivity (Wildman–Crippen MR) is 110 cm³/mol. The summed E-state index contributed by atoms with van der Waals surface area (Å²) in [5.74, 6) is -3.76. The van der Waals surface area contributed by atoms with Crippen LogP contribution in [0.25, 0.3) is 0 Å². The van der Waals surface area contributed by atoms with Crippen molar-refractivity contribution in [3.63, 3.8) is 0 Å². The fourth-order valence-corrected chi connectivity index (χ4v) is 3.46. The Labute approximate surface area is 194 Å². The monoisotopic (exact) mass is 486 g/mol. The number of nitrogens with zero attached hydrogens (tertiary/aromatic N) is 1. The molecule has 1 aromatic carbocycles. The van der Waals surface area contributed by atoms with Gasteiger partial charge in [0.05, 0.1) is 6.61 Å². The van der Waals surface area contributed by atoms with Crippen molar-refractivity contribution in [1.82, 2.24) is 15.5 Å². The van der Waals surface area contributed by atoms with Crippen molar-refractivity contribution in [1.29, 1.82) is 0 Å². The molecule has 2 heterocycles. The number of carboxylic acid groups (broad SMARTS) is 1. The molecular formula is C22H27F3N3O6-. The molecule has 0 aliphatic carbocycles. The van der Waals surface area contributed by atoms with E-state index in [9.17, 15) is 27.6 Å². The minimum atomic E-state index is -5.19. The fraction of sp³-hybridized carbons (Fsp3) is 0.545. The maximum Gasteiger partial charge on any atom is 0.430 e. The van der Waals surface area contributed by atoms with Crippen LogP contribution < -0.4 is 15.7 Å². The maximum absolute atomic E-state index is 12.9. The summed E-state index contributed by atoms with van der Waals surface area (Å²) in [6.45, 7) is 4.31. The Kier molecular flexibility index (Phi) is 9.42. The summed E-state index contributed by atoms with van der Waals surface area (Å²) in [6, 6.07) is 8.34. The van der Waals surface area contributed by atoms with E-state index in [0.29, 0.717) is 25.8 Å². The number of aliphatic carboxylic acids is 1. The zero-order valence-corrected chi connectivity index (χ0v) is 18.8. The second kappa shape index (κ2) is 11.8. The van der Waals surface area contributed by atoms with Crippen LogP contribution in [0.4, 0.5) is 13.2 Å². The Hall–Kier alpha value is -3.15. The number of alkyl halides is 3. The molecule has 0 radical (unpaired) electrons. The van der Waals surface area contributed by atoms with E-state index in [0.717, 1.165) is 5.56 Å². The van der Waals surface area contributed by atoms with Crippen LogP contribution in [0, 0.1) is 5.92 Å². The number of carboxylic acids is 1. The van der Waals surface area contributed by atoms with E-state index in [1.165, 1.54) is 4.90 Å². The molecule has 9 nitrogen and oxygen atoms in total. The molecule has 188 valence electrons. The number of amides is 3. The van der Waals surface area contributed by atoms with Gasteiger partial charge in [-0.1, -0.05) is 44.2 Å². The molecule has 2 N–H and O–H groups in total. The summed E-state index contributed by atoms with van der Waals surface area (Å²) in [5, 5.41) is 14.4. The molecule has 12 heteroatoms. The fourth-order valence-electron chi connectivity index (χ4n) is 3.46. The number of benzene rings is 1. The molecule has 4 atom stereocenters. The minimum Gasteiger partial charge on any atom is -0.542 e. The van der Waals surface area contributed by atoms with Crippen molar-refractivity contribution in [3.05, 3.63) is 35.9 Å². The van der Waals surface area contributed by atoms with E-state index in [4.69, 9.17) is 14.6 Å². The van der Waals surface area contributed by atoms with Crippen LogP contribution in [0.2, 0.25) is 0 Å². The van der Waals surface area contributed by atoms with Gasteiger partial charge in [0.15, 0.2) is 0 Å². The van der Waals surface area contributed by atoms with Gasteiger partial charge in [-0.15, -0.1) is 0 Å². The third-order valence-corrected chi connectivity index (χ3v) is 5.56. The van der Waals surface area contributed by atoms with Crippen LogP contribution in [0.15, 0.2) is 30.3 Å². The molecule has 3 amide bonds. The van der Waals surface area contributed by atoms with Gasteiger partial charge < -0.3 is 30.2 Å². The predicted octanol–water partition coefficient (Wildman–Crippen LogP) is 0.480. The first-order chi connectivity index (χ1) is 16.0. The standard InChI is InChI=1S/C20H27N3O4.C2HF3O2/c1-3-13(2)18(24)22-15-12-27-17-10-9-16(23(17)20(15)26)19(25)21-11-14-7-5-4-6-8-14;3-2(4,5)1(6)7/h4-8,13,15-17H,3,9-12H2,1-2H3,(H,21,25)(H,22,24);(H,6,7)/p-1/t13-,15?,16+,17?;/m1./s1. The van der Waals surface area contributed by atoms with Gasteiger partial charge in [0, 0.05) is 12.5 Å². The molecule has 0 aromatic heterocycles. The third kappa shape index (κ3) is 7.17. The van der Waals surface area contributed by atoms with Gasteiger partial charge in [-0.3, -0.25) is 14.4 Å². The molecular weight excluding hydrogens is 459 g/mol. The molecule has 0 bridgehead atoms. The van der Waals surface area contributed by atoms with E-state index in [2.05, 4.69) is 10.6 Å². The Morgan fingerprint density at radius 3 is 2.38 bits per heavy atom. The second-order valence-electron chi connectivity index (χ2n) is 7.99. The summed E-state index contributed by atoms with van der Waals surface area (Å²) in [5.41, 5.74) is 1.00. The van der Waals surface area contributed by atoms with Gasteiger partial charge in [0.1, 0.15) is 24.3 Å². The van der Waals surface area contributed by atoms with Crippen molar-refractivity contribution in [3.8, 4) is 0 Å². The van der Waals surface area contributed by atoms with Crippen LogP contribution in [0.3, 0.4) is 0 Å². The lowest BCUT2D eigenvalue weighted by atomic mass is 10.1. The average molecular weight is 486 g/mol. The highest BCUT2D eigenvalue weighted by Crippen LogP contribution is 2.29. The quantitative estimate of drug-likeness (QED) is 0.602. The van der Waals surface area contributed by atoms with Crippen molar-refractivity contribution < 1.29 is 42.2 Å². The Bertz CT molecular complexity index is 880. The molecule has 2 aliphatic heterocycles. The number of rotatable bonds is 6. The van der Waals surface area contributed by atoms with Crippen LogP contribution in [0.5, 0.6) is 0 Å². The first kappa shape index (κ1) is 27.1. The van der Waals surface area contributed by atoms with Gasteiger partial charge in [-0.25, -0.2) is 0 Å². The van der Waals surface area contributed by atoms with E-state index in [1.807, 2.05) is 44.2 Å². The van der Waals surface area contributed by atoms with E-state index in [1.54, 1.807) is 0 Å². The topological polar surface area (TPSA) is 128 Å². The average Bonchev–Trinajstić information content (AvgIpc) is 3.24. The summed E-state index contributed by atoms with van der Waals surface area (Å²) in [7, 11) is 0. The summed E-state index contributed by atoms with van der Waals surface area (Å²) >= 11 is 0. The Balaban J connectivity index is 0.000000509.